The van der Waals surface area contributed by atoms with Crippen molar-refractivity contribution in [2.45, 2.75) is 17.1 Å². The number of benzene rings is 1. The molecule has 12 heteroatoms. The molecule has 0 fully saturated rings. The van der Waals surface area contributed by atoms with Gasteiger partial charge in [0.05, 0.1) is 16.3 Å². The van der Waals surface area contributed by atoms with E-state index < -0.39 is 17.6 Å². The number of fused-ring (bicyclic) bond motifs is 1. The molecule has 4 rings (SSSR count). The predicted molar refractivity (Wildman–Crippen MR) is 92.3 cm³/mol. The van der Waals surface area contributed by atoms with E-state index in [0.717, 1.165) is 28.4 Å². The van der Waals surface area contributed by atoms with Crippen LogP contribution in [-0.4, -0.2) is 24.7 Å². The van der Waals surface area contributed by atoms with Gasteiger partial charge in [-0.25, -0.2) is 4.39 Å². The third kappa shape index (κ3) is 3.67. The van der Waals surface area contributed by atoms with Crippen LogP contribution >= 0.6 is 23.4 Å². The van der Waals surface area contributed by atoms with Gasteiger partial charge in [-0.15, -0.1) is 10.2 Å². The van der Waals surface area contributed by atoms with Gasteiger partial charge in [-0.1, -0.05) is 28.5 Å². The van der Waals surface area contributed by atoms with Gasteiger partial charge >= 0.3 is 6.18 Å². The Bertz CT molecular complexity index is 1140. The van der Waals surface area contributed by atoms with Crippen LogP contribution in [-0.2, 0) is 11.9 Å². The van der Waals surface area contributed by atoms with E-state index in [-0.39, 0.29) is 33.3 Å². The van der Waals surface area contributed by atoms with E-state index in [2.05, 4.69) is 20.3 Å². The van der Waals surface area contributed by atoms with Crippen LogP contribution in [0.15, 0.2) is 46.2 Å². The van der Waals surface area contributed by atoms with Gasteiger partial charge in [0.25, 0.3) is 0 Å². The van der Waals surface area contributed by atoms with Crippen molar-refractivity contribution in [1.29, 1.82) is 0 Å². The normalized spacial score (nSPS) is 12.0. The van der Waals surface area contributed by atoms with Crippen LogP contribution in [0.25, 0.3) is 17.0 Å². The monoisotopic (exact) mass is 429 g/mol. The van der Waals surface area contributed by atoms with Gasteiger partial charge in [-0.3, -0.25) is 4.40 Å². The fraction of sp³-hybridized carbons (Fsp3) is 0.125. The molecule has 0 radical (unpaired) electrons. The molecule has 6 nitrogen and oxygen atoms in total. The van der Waals surface area contributed by atoms with Crippen LogP contribution in [0.3, 0.4) is 0 Å². The van der Waals surface area contributed by atoms with Crippen molar-refractivity contribution in [3.05, 3.63) is 58.8 Å². The zero-order chi connectivity index (χ0) is 19.9. The zero-order valence-electron chi connectivity index (χ0n) is 13.6. The minimum Gasteiger partial charge on any atom is -0.338 e. The first kappa shape index (κ1) is 18.7. The fourth-order valence-electron chi connectivity index (χ4n) is 2.34. The van der Waals surface area contributed by atoms with Gasteiger partial charge < -0.3 is 4.52 Å². The molecule has 3 aromatic heterocycles. The van der Waals surface area contributed by atoms with E-state index >= 15 is 0 Å². The van der Waals surface area contributed by atoms with E-state index in [9.17, 15) is 17.6 Å². The first-order valence-electron chi connectivity index (χ1n) is 7.64. The molecule has 0 saturated carbocycles. The minimum atomic E-state index is -4.55. The van der Waals surface area contributed by atoms with E-state index in [1.165, 1.54) is 24.3 Å². The van der Waals surface area contributed by atoms with E-state index in [1.54, 1.807) is 0 Å². The molecule has 0 saturated heterocycles. The maximum Gasteiger partial charge on any atom is 0.417 e. The smallest absolute Gasteiger partial charge is 0.338 e. The number of halogens is 5. The molecule has 0 aliphatic heterocycles. The Morgan fingerprint density at radius 3 is 2.61 bits per heavy atom. The molecule has 0 spiro atoms. The van der Waals surface area contributed by atoms with Crippen LogP contribution in [0.5, 0.6) is 0 Å². The second kappa shape index (κ2) is 7.06. The maximum absolute atomic E-state index is 13.0. The summed E-state index contributed by atoms with van der Waals surface area (Å²) in [6, 6.07) is 6.34. The summed E-state index contributed by atoms with van der Waals surface area (Å²) in [5, 5.41) is 11.5. The summed E-state index contributed by atoms with van der Waals surface area (Å²) < 4.78 is 58.3. The summed E-state index contributed by atoms with van der Waals surface area (Å²) in [4.78, 5) is 4.18. The maximum atomic E-state index is 13.0. The molecule has 0 aliphatic rings. The molecular weight excluding hydrogens is 422 g/mol. The van der Waals surface area contributed by atoms with Crippen molar-refractivity contribution in [2.75, 3.05) is 0 Å². The Hall–Kier alpha value is -2.66. The summed E-state index contributed by atoms with van der Waals surface area (Å²) in [7, 11) is 0. The molecule has 0 N–H and O–H groups in total. The molecular formula is C16H8ClF4N5OS. The molecule has 0 unspecified atom stereocenters. The summed E-state index contributed by atoms with van der Waals surface area (Å²) in [5.41, 5.74) is -0.242. The van der Waals surface area contributed by atoms with Gasteiger partial charge in [-0.05, 0) is 30.3 Å². The minimum absolute atomic E-state index is 0.106. The lowest BCUT2D eigenvalue weighted by Crippen LogP contribution is -2.07. The molecule has 4 aromatic rings. The van der Waals surface area contributed by atoms with Gasteiger partial charge in [0, 0.05) is 11.8 Å². The third-order valence-electron chi connectivity index (χ3n) is 3.65. The first-order valence-corrected chi connectivity index (χ1v) is 9.00. The van der Waals surface area contributed by atoms with Gasteiger partial charge in [0.2, 0.25) is 11.7 Å². The van der Waals surface area contributed by atoms with Crippen LogP contribution in [0.4, 0.5) is 17.6 Å². The molecule has 28 heavy (non-hydrogen) atoms. The molecule has 0 aliphatic carbocycles. The average Bonchev–Trinajstić information content (AvgIpc) is 3.27. The molecule has 0 amide bonds. The van der Waals surface area contributed by atoms with Crippen LogP contribution in [0.1, 0.15) is 11.5 Å². The summed E-state index contributed by atoms with van der Waals surface area (Å²) in [6.45, 7) is 0. The highest BCUT2D eigenvalue weighted by molar-refractivity contribution is 7.98. The number of rotatable bonds is 4. The Labute approximate surface area is 163 Å². The second-order valence-corrected chi connectivity index (χ2v) is 6.91. The van der Waals surface area contributed by atoms with Crippen LogP contribution in [0, 0.1) is 5.82 Å². The Kier molecular flexibility index (Phi) is 4.71. The van der Waals surface area contributed by atoms with E-state index in [1.807, 2.05) is 0 Å². The average molecular weight is 430 g/mol. The van der Waals surface area contributed by atoms with Crippen molar-refractivity contribution in [3.8, 4) is 11.4 Å². The lowest BCUT2D eigenvalue weighted by atomic mass is 10.2. The topological polar surface area (TPSA) is 69.1 Å². The number of alkyl halides is 3. The molecule has 1 aromatic carbocycles. The lowest BCUT2D eigenvalue weighted by molar-refractivity contribution is -0.137. The first-order chi connectivity index (χ1) is 13.3. The molecule has 3 heterocycles. The van der Waals surface area contributed by atoms with Gasteiger partial charge in [0.15, 0.2) is 10.8 Å². The Balaban J connectivity index is 1.56. The molecule has 144 valence electrons. The van der Waals surface area contributed by atoms with Crippen molar-refractivity contribution in [2.24, 2.45) is 0 Å². The quantitative estimate of drug-likeness (QED) is 0.340. The Morgan fingerprint density at radius 1 is 1.14 bits per heavy atom. The summed E-state index contributed by atoms with van der Waals surface area (Å²) in [6.07, 6.45) is -3.68. The molecule has 0 bridgehead atoms. The van der Waals surface area contributed by atoms with Crippen molar-refractivity contribution in [1.82, 2.24) is 24.7 Å². The third-order valence-corrected chi connectivity index (χ3v) is 4.86. The fourth-order valence-corrected chi connectivity index (χ4v) is 3.34. The van der Waals surface area contributed by atoms with E-state index in [0.29, 0.717) is 5.56 Å². The highest BCUT2D eigenvalue weighted by atomic mass is 35.5. The largest absolute Gasteiger partial charge is 0.417 e. The number of hydrogen-bond donors (Lipinski definition) is 0. The lowest BCUT2D eigenvalue weighted by Gasteiger charge is -2.08. The number of nitrogens with zero attached hydrogens (tertiary/aromatic N) is 5. The van der Waals surface area contributed by atoms with Crippen LogP contribution in [0.2, 0.25) is 5.02 Å². The standard InChI is InChI=1S/C16H8ClF4N5OS/c17-11-5-9(16(19,20)21)6-26-14(11)23-24-15(26)28-7-12-22-13(25-27-12)8-1-3-10(18)4-2-8/h1-6H,7H2. The number of pyridine rings is 1. The van der Waals surface area contributed by atoms with Gasteiger partial charge in [0.1, 0.15) is 5.82 Å². The summed E-state index contributed by atoms with van der Waals surface area (Å²) in [5.74, 6) is 0.241. The molecule has 0 atom stereocenters. The Morgan fingerprint density at radius 2 is 1.89 bits per heavy atom. The van der Waals surface area contributed by atoms with Crippen molar-refractivity contribution < 1.29 is 22.1 Å². The van der Waals surface area contributed by atoms with Crippen molar-refractivity contribution >= 4 is 29.0 Å². The number of aromatic nitrogens is 5. The highest BCUT2D eigenvalue weighted by Gasteiger charge is 2.32. The zero-order valence-corrected chi connectivity index (χ0v) is 15.2. The summed E-state index contributed by atoms with van der Waals surface area (Å²) >= 11 is 6.94. The number of thioether (sulfide) groups is 1. The van der Waals surface area contributed by atoms with E-state index in [4.69, 9.17) is 16.1 Å². The SMILES string of the molecule is Fc1ccc(-c2noc(CSc3nnc4c(Cl)cc(C(F)(F)F)cn34)n2)cc1. The van der Waals surface area contributed by atoms with Crippen molar-refractivity contribution in [3.63, 3.8) is 0 Å². The van der Waals surface area contributed by atoms with Crippen LogP contribution < -0.4 is 0 Å². The van der Waals surface area contributed by atoms with Gasteiger partial charge in [-0.2, -0.15) is 18.2 Å². The number of hydrogen-bond acceptors (Lipinski definition) is 6. The second-order valence-electron chi connectivity index (χ2n) is 5.56. The highest BCUT2D eigenvalue weighted by Crippen LogP contribution is 2.33. The predicted octanol–water partition coefficient (Wildman–Crippen LogP) is 4.88.